The Kier molecular flexibility index (Phi) is 5.39. The maximum absolute atomic E-state index is 13.0. The van der Waals surface area contributed by atoms with E-state index in [9.17, 15) is 18.0 Å². The number of piperazine rings is 1. The molecule has 1 fully saturated rings. The number of nitrogens with zero attached hydrogens (tertiary/aromatic N) is 3. The van der Waals surface area contributed by atoms with Gasteiger partial charge >= 0.3 is 4.87 Å². The maximum Gasteiger partial charge on any atom is 0.305 e. The summed E-state index contributed by atoms with van der Waals surface area (Å²) in [5.74, 6) is -0.103. The van der Waals surface area contributed by atoms with Gasteiger partial charge < -0.3 is 14.8 Å². The monoisotopic (exact) mass is 446 g/mol. The fourth-order valence-electron chi connectivity index (χ4n) is 3.47. The number of hydrogen-bond donors (Lipinski definition) is 1. The van der Waals surface area contributed by atoms with E-state index < -0.39 is 10.0 Å². The third-order valence-corrected chi connectivity index (χ3v) is 7.91. The number of H-pyrrole nitrogens is 1. The molecule has 3 aromatic rings. The highest BCUT2D eigenvalue weighted by Crippen LogP contribution is 2.24. The highest BCUT2D eigenvalue weighted by Gasteiger charge is 2.30. The summed E-state index contributed by atoms with van der Waals surface area (Å²) in [5, 5.41) is 0. The zero-order chi connectivity index (χ0) is 21.5. The smallest absolute Gasteiger partial charge is 0.305 e. The van der Waals surface area contributed by atoms with E-state index in [1.54, 1.807) is 17.0 Å². The van der Waals surface area contributed by atoms with Crippen molar-refractivity contribution in [3.63, 3.8) is 0 Å². The first-order chi connectivity index (χ1) is 14.3. The van der Waals surface area contributed by atoms with Gasteiger partial charge in [0.25, 0.3) is 5.91 Å². The second-order valence-electron chi connectivity index (χ2n) is 7.31. The molecule has 0 unspecified atom stereocenters. The van der Waals surface area contributed by atoms with Crippen molar-refractivity contribution in [2.24, 2.45) is 0 Å². The molecule has 30 heavy (non-hydrogen) atoms. The van der Waals surface area contributed by atoms with Gasteiger partial charge in [-0.05, 0) is 36.4 Å². The molecular formula is C20H22N4O4S2. The second kappa shape index (κ2) is 7.86. The Balaban J connectivity index is 1.48. The van der Waals surface area contributed by atoms with Crippen LogP contribution in [0.1, 0.15) is 10.4 Å². The third-order valence-electron chi connectivity index (χ3n) is 5.17. The Morgan fingerprint density at radius 2 is 1.80 bits per heavy atom. The molecule has 1 aromatic heterocycles. The van der Waals surface area contributed by atoms with Crippen molar-refractivity contribution < 1.29 is 13.2 Å². The third kappa shape index (κ3) is 3.85. The van der Waals surface area contributed by atoms with Gasteiger partial charge in [-0.1, -0.05) is 17.4 Å². The molecule has 1 aliphatic heterocycles. The summed E-state index contributed by atoms with van der Waals surface area (Å²) in [4.78, 5) is 30.6. The maximum atomic E-state index is 13.0. The van der Waals surface area contributed by atoms with Crippen molar-refractivity contribution in [1.29, 1.82) is 0 Å². The van der Waals surface area contributed by atoms with Gasteiger partial charge in [-0.25, -0.2) is 8.42 Å². The predicted molar refractivity (Wildman–Crippen MR) is 118 cm³/mol. The lowest BCUT2D eigenvalue weighted by Crippen LogP contribution is -2.50. The molecule has 1 saturated heterocycles. The van der Waals surface area contributed by atoms with E-state index in [1.165, 1.54) is 16.4 Å². The van der Waals surface area contributed by atoms with Crippen LogP contribution in [0.15, 0.2) is 52.2 Å². The van der Waals surface area contributed by atoms with Crippen LogP contribution in [0, 0.1) is 0 Å². The van der Waals surface area contributed by atoms with Crippen molar-refractivity contribution in [2.45, 2.75) is 4.90 Å². The molecule has 4 rings (SSSR count). The van der Waals surface area contributed by atoms with Gasteiger partial charge in [0.2, 0.25) is 10.0 Å². The van der Waals surface area contributed by atoms with Gasteiger partial charge in [-0.2, -0.15) is 4.31 Å². The summed E-state index contributed by atoms with van der Waals surface area (Å²) in [6, 6.07) is 12.0. The molecule has 10 heteroatoms. The van der Waals surface area contributed by atoms with Crippen LogP contribution in [0.2, 0.25) is 0 Å². The van der Waals surface area contributed by atoms with Crippen LogP contribution in [0.3, 0.4) is 0 Å². The van der Waals surface area contributed by atoms with Crippen LogP contribution in [-0.4, -0.2) is 68.8 Å². The summed E-state index contributed by atoms with van der Waals surface area (Å²) in [6.07, 6.45) is 0. The fraction of sp³-hybridized carbons (Fsp3) is 0.300. The zero-order valence-corrected chi connectivity index (χ0v) is 18.3. The number of rotatable bonds is 4. The van der Waals surface area contributed by atoms with Gasteiger partial charge in [-0.3, -0.25) is 9.59 Å². The molecule has 8 nitrogen and oxygen atoms in total. The largest absolute Gasteiger partial charge is 0.378 e. The summed E-state index contributed by atoms with van der Waals surface area (Å²) in [6.45, 7) is 1.10. The average Bonchev–Trinajstić information content (AvgIpc) is 3.12. The molecule has 158 valence electrons. The average molecular weight is 447 g/mol. The minimum Gasteiger partial charge on any atom is -0.378 e. The first-order valence-electron chi connectivity index (χ1n) is 9.45. The number of benzene rings is 2. The SMILES string of the molecule is CN(C)c1cccc(C(=O)N2CCN(S(=O)(=O)c3ccc4[nH]c(=O)sc4c3)CC2)c1. The number of carbonyl (C=O) groups excluding carboxylic acids is 1. The van der Waals surface area contributed by atoms with Gasteiger partial charge in [0, 0.05) is 51.5 Å². The van der Waals surface area contributed by atoms with Gasteiger partial charge in [-0.15, -0.1) is 0 Å². The highest BCUT2D eigenvalue weighted by atomic mass is 32.2. The number of carbonyl (C=O) groups is 1. The van der Waals surface area contributed by atoms with Crippen molar-refractivity contribution in [3.8, 4) is 0 Å². The summed E-state index contributed by atoms with van der Waals surface area (Å²) < 4.78 is 28.1. The quantitative estimate of drug-likeness (QED) is 0.660. The fourth-order valence-corrected chi connectivity index (χ4v) is 5.77. The van der Waals surface area contributed by atoms with E-state index in [1.807, 2.05) is 37.2 Å². The number of sulfonamides is 1. The summed E-state index contributed by atoms with van der Waals surface area (Å²) in [5.41, 5.74) is 2.15. The molecule has 0 spiro atoms. The lowest BCUT2D eigenvalue weighted by Gasteiger charge is -2.34. The number of nitrogens with one attached hydrogen (secondary N) is 1. The van der Waals surface area contributed by atoms with E-state index in [4.69, 9.17) is 0 Å². The molecule has 2 heterocycles. The lowest BCUT2D eigenvalue weighted by molar-refractivity contribution is 0.0698. The van der Waals surface area contributed by atoms with E-state index in [0.29, 0.717) is 28.9 Å². The minimum absolute atomic E-state index is 0.103. The topological polar surface area (TPSA) is 93.8 Å². The molecule has 0 bridgehead atoms. The standard InChI is InChI=1S/C20H22N4O4S2/c1-22(2)15-5-3-4-14(12-15)19(25)23-8-10-24(11-9-23)30(27,28)16-6-7-17-18(13-16)29-20(26)21-17/h3-7,12-13H,8-11H2,1-2H3,(H,21,26). The molecular weight excluding hydrogens is 424 g/mol. The van der Waals surface area contributed by atoms with Crippen LogP contribution in [0.4, 0.5) is 5.69 Å². The first kappa shape index (κ1) is 20.6. The lowest BCUT2D eigenvalue weighted by atomic mass is 10.1. The van der Waals surface area contributed by atoms with E-state index >= 15 is 0 Å². The number of thiazole rings is 1. The van der Waals surface area contributed by atoms with Gasteiger partial charge in [0.15, 0.2) is 0 Å². The molecule has 1 amide bonds. The van der Waals surface area contributed by atoms with Crippen molar-refractivity contribution in [2.75, 3.05) is 45.2 Å². The molecule has 1 aliphatic rings. The molecule has 0 atom stereocenters. The molecule has 0 saturated carbocycles. The highest BCUT2D eigenvalue weighted by molar-refractivity contribution is 7.89. The molecule has 2 aromatic carbocycles. The van der Waals surface area contributed by atoms with Crippen molar-refractivity contribution in [3.05, 3.63) is 57.7 Å². The number of fused-ring (bicyclic) bond motifs is 1. The normalized spacial score (nSPS) is 15.5. The summed E-state index contributed by atoms with van der Waals surface area (Å²) in [7, 11) is 0.130. The number of hydrogen-bond acceptors (Lipinski definition) is 6. The Morgan fingerprint density at radius 1 is 1.07 bits per heavy atom. The Bertz CT molecular complexity index is 1260. The van der Waals surface area contributed by atoms with Gasteiger partial charge in [0.05, 0.1) is 15.1 Å². The Hall–Kier alpha value is -2.69. The molecule has 0 radical (unpaired) electrons. The summed E-state index contributed by atoms with van der Waals surface area (Å²) >= 11 is 0.984. The second-order valence-corrected chi connectivity index (χ2v) is 10.3. The van der Waals surface area contributed by atoms with Crippen molar-refractivity contribution in [1.82, 2.24) is 14.2 Å². The Morgan fingerprint density at radius 3 is 2.50 bits per heavy atom. The number of amides is 1. The predicted octanol–water partition coefficient (Wildman–Crippen LogP) is 1.80. The number of aromatic amines is 1. The van der Waals surface area contributed by atoms with Crippen LogP contribution in [-0.2, 0) is 10.0 Å². The first-order valence-corrected chi connectivity index (χ1v) is 11.7. The van der Waals surface area contributed by atoms with E-state index in [0.717, 1.165) is 17.0 Å². The molecule has 0 aliphatic carbocycles. The molecule has 1 N–H and O–H groups in total. The van der Waals surface area contributed by atoms with Crippen LogP contribution in [0.25, 0.3) is 10.2 Å². The van der Waals surface area contributed by atoms with Gasteiger partial charge in [0.1, 0.15) is 0 Å². The van der Waals surface area contributed by atoms with E-state index in [-0.39, 0.29) is 28.8 Å². The number of aromatic nitrogens is 1. The number of anilines is 1. The van der Waals surface area contributed by atoms with Crippen LogP contribution < -0.4 is 9.77 Å². The van der Waals surface area contributed by atoms with Crippen LogP contribution >= 0.6 is 11.3 Å². The van der Waals surface area contributed by atoms with Crippen LogP contribution in [0.5, 0.6) is 0 Å². The van der Waals surface area contributed by atoms with E-state index in [2.05, 4.69) is 4.98 Å². The minimum atomic E-state index is -3.70. The van der Waals surface area contributed by atoms with Crippen molar-refractivity contribution >= 4 is 43.2 Å². The Labute approximate surface area is 178 Å². The zero-order valence-electron chi connectivity index (χ0n) is 16.7.